The zero-order chi connectivity index (χ0) is 6.69. The van der Waals surface area contributed by atoms with Crippen molar-refractivity contribution in [2.24, 2.45) is 0 Å². The highest BCUT2D eigenvalue weighted by molar-refractivity contribution is 7.93. The van der Waals surface area contributed by atoms with Gasteiger partial charge in [-0.15, -0.1) is 0 Å². The van der Waals surface area contributed by atoms with Crippen molar-refractivity contribution in [2.45, 2.75) is 12.8 Å². The Morgan fingerprint density at radius 2 is 2.22 bits per heavy atom. The van der Waals surface area contributed by atoms with Gasteiger partial charge in [-0.3, -0.25) is 14.3 Å². The smallest absolute Gasteiger partial charge is 0.319 e. The molecule has 0 radical (unpaired) electrons. The van der Waals surface area contributed by atoms with Crippen molar-refractivity contribution >= 4 is 24.1 Å². The molecule has 1 rings (SSSR count). The van der Waals surface area contributed by atoms with E-state index in [1.165, 1.54) is 0 Å². The predicted molar refractivity (Wildman–Crippen MR) is 31.1 cm³/mol. The number of hydrogen-bond donors (Lipinski definition) is 1. The summed E-state index contributed by atoms with van der Waals surface area (Å²) in [5.41, 5.74) is 0. The van der Waals surface area contributed by atoms with Crippen LogP contribution in [0.5, 0.6) is 0 Å². The van der Waals surface area contributed by atoms with Crippen LogP contribution in [-0.2, 0) is 13.8 Å². The molecule has 1 aliphatic heterocycles. The Balaban J connectivity index is 2.43. The highest BCUT2D eigenvalue weighted by Crippen LogP contribution is 2.07. The van der Waals surface area contributed by atoms with Gasteiger partial charge < -0.3 is 4.18 Å². The number of carbonyl (C=O) groups excluding carboxylic acids is 2. The van der Waals surface area contributed by atoms with Crippen molar-refractivity contribution < 1.29 is 13.8 Å². The SMILES string of the molecule is O=C1CCC(=O)OSN1. The number of rotatable bonds is 0. The van der Waals surface area contributed by atoms with Gasteiger partial charge in [-0.05, 0) is 0 Å². The van der Waals surface area contributed by atoms with Crippen molar-refractivity contribution in [1.82, 2.24) is 4.72 Å². The van der Waals surface area contributed by atoms with Crippen LogP contribution in [0.3, 0.4) is 0 Å². The van der Waals surface area contributed by atoms with Crippen LogP contribution in [0.2, 0.25) is 0 Å². The fourth-order valence-corrected chi connectivity index (χ4v) is 0.835. The fraction of sp³-hybridized carbons (Fsp3) is 0.500. The van der Waals surface area contributed by atoms with Gasteiger partial charge in [-0.1, -0.05) is 0 Å². The molecule has 0 aliphatic carbocycles. The van der Waals surface area contributed by atoms with E-state index >= 15 is 0 Å². The van der Waals surface area contributed by atoms with Crippen LogP contribution >= 0.6 is 12.2 Å². The molecule has 5 heteroatoms. The summed E-state index contributed by atoms with van der Waals surface area (Å²) in [4.78, 5) is 20.9. The van der Waals surface area contributed by atoms with E-state index in [9.17, 15) is 9.59 Å². The molecule has 0 bridgehead atoms. The molecule has 1 heterocycles. The summed E-state index contributed by atoms with van der Waals surface area (Å²) in [6, 6.07) is 0. The lowest BCUT2D eigenvalue weighted by Crippen LogP contribution is -2.12. The average molecular weight is 147 g/mol. The molecule has 0 aromatic rings. The third-order valence-electron chi connectivity index (χ3n) is 0.846. The molecule has 0 saturated carbocycles. The lowest BCUT2D eigenvalue weighted by molar-refractivity contribution is -0.133. The van der Waals surface area contributed by atoms with Gasteiger partial charge in [0.25, 0.3) is 0 Å². The van der Waals surface area contributed by atoms with E-state index in [0.29, 0.717) is 12.2 Å². The van der Waals surface area contributed by atoms with Gasteiger partial charge in [0, 0.05) is 6.42 Å². The van der Waals surface area contributed by atoms with Crippen LogP contribution in [0.25, 0.3) is 0 Å². The summed E-state index contributed by atoms with van der Waals surface area (Å²) in [6.07, 6.45) is 0.407. The minimum Gasteiger partial charge on any atom is -0.369 e. The number of amides is 1. The lowest BCUT2D eigenvalue weighted by Gasteiger charge is -1.92. The standard InChI is InChI=1S/C4H5NO3S/c6-3-1-2-4(7)8-9-5-3/h1-2H2,(H,5,6). The summed E-state index contributed by atoms with van der Waals surface area (Å²) in [5.74, 6) is -0.510. The third kappa shape index (κ3) is 1.93. The van der Waals surface area contributed by atoms with Crippen molar-refractivity contribution in [3.05, 3.63) is 0 Å². The Kier molecular flexibility index (Phi) is 1.94. The number of hydrogen-bond acceptors (Lipinski definition) is 4. The molecule has 0 atom stereocenters. The van der Waals surface area contributed by atoms with Crippen LogP contribution in [-0.4, -0.2) is 11.9 Å². The van der Waals surface area contributed by atoms with Crippen molar-refractivity contribution in [1.29, 1.82) is 0 Å². The van der Waals surface area contributed by atoms with E-state index in [2.05, 4.69) is 8.91 Å². The van der Waals surface area contributed by atoms with E-state index in [1.807, 2.05) is 0 Å². The maximum Gasteiger partial charge on any atom is 0.319 e. The molecule has 50 valence electrons. The van der Waals surface area contributed by atoms with E-state index in [4.69, 9.17) is 0 Å². The summed E-state index contributed by atoms with van der Waals surface area (Å²) < 4.78 is 6.73. The van der Waals surface area contributed by atoms with Gasteiger partial charge in [0.05, 0.1) is 6.42 Å². The van der Waals surface area contributed by atoms with E-state index in [-0.39, 0.29) is 24.7 Å². The van der Waals surface area contributed by atoms with E-state index < -0.39 is 0 Å². The molecule has 0 spiro atoms. The van der Waals surface area contributed by atoms with Crippen LogP contribution in [0.4, 0.5) is 0 Å². The van der Waals surface area contributed by atoms with Crippen LogP contribution < -0.4 is 4.72 Å². The minimum atomic E-state index is -0.349. The first-order valence-electron chi connectivity index (χ1n) is 2.44. The first kappa shape index (κ1) is 6.41. The van der Waals surface area contributed by atoms with Crippen LogP contribution in [0, 0.1) is 0 Å². The molecule has 1 amide bonds. The first-order chi connectivity index (χ1) is 4.29. The highest BCUT2D eigenvalue weighted by Gasteiger charge is 2.13. The quantitative estimate of drug-likeness (QED) is 0.387. The molecule has 9 heavy (non-hydrogen) atoms. The maximum absolute atomic E-state index is 10.5. The van der Waals surface area contributed by atoms with Crippen molar-refractivity contribution in [3.63, 3.8) is 0 Å². The van der Waals surface area contributed by atoms with Crippen molar-refractivity contribution in [2.75, 3.05) is 0 Å². The summed E-state index contributed by atoms with van der Waals surface area (Å²) in [5, 5.41) is 0. The first-order valence-corrected chi connectivity index (χ1v) is 3.18. The molecule has 1 fully saturated rings. The average Bonchev–Trinajstić information content (AvgIpc) is 1.97. The lowest BCUT2D eigenvalue weighted by atomic mass is 10.3. The largest absolute Gasteiger partial charge is 0.369 e. The summed E-state index contributed by atoms with van der Waals surface area (Å²) >= 11 is 0.683. The Labute approximate surface area is 56.3 Å². The molecular weight excluding hydrogens is 142 g/mol. The van der Waals surface area contributed by atoms with Gasteiger partial charge in [0.15, 0.2) is 12.2 Å². The normalized spacial score (nSPS) is 20.0. The van der Waals surface area contributed by atoms with Gasteiger partial charge in [0.1, 0.15) is 0 Å². The number of carbonyl (C=O) groups is 2. The minimum absolute atomic E-state index is 0.161. The second-order valence-electron chi connectivity index (χ2n) is 1.56. The van der Waals surface area contributed by atoms with E-state index in [1.54, 1.807) is 0 Å². The highest BCUT2D eigenvalue weighted by atomic mass is 32.2. The Hall–Kier alpha value is -0.710. The van der Waals surface area contributed by atoms with Crippen molar-refractivity contribution in [3.8, 4) is 0 Å². The molecule has 1 aliphatic rings. The second kappa shape index (κ2) is 2.72. The summed E-state index contributed by atoms with van der Waals surface area (Å²) in [6.45, 7) is 0. The molecule has 1 N–H and O–H groups in total. The molecule has 0 unspecified atom stereocenters. The fourth-order valence-electron chi connectivity index (χ4n) is 0.422. The molecular formula is C4H5NO3S. The van der Waals surface area contributed by atoms with E-state index in [0.717, 1.165) is 0 Å². The Morgan fingerprint density at radius 1 is 1.44 bits per heavy atom. The maximum atomic E-state index is 10.5. The van der Waals surface area contributed by atoms with Gasteiger partial charge >= 0.3 is 5.97 Å². The Morgan fingerprint density at radius 3 is 3.00 bits per heavy atom. The second-order valence-corrected chi connectivity index (χ2v) is 2.10. The molecule has 0 aromatic carbocycles. The number of nitrogens with one attached hydrogen (secondary N) is 1. The monoisotopic (exact) mass is 147 g/mol. The Bertz CT molecular complexity index is 131. The topological polar surface area (TPSA) is 55.4 Å². The third-order valence-corrected chi connectivity index (χ3v) is 1.43. The molecule has 1 saturated heterocycles. The predicted octanol–water partition coefficient (Wildman–Crippen LogP) is 0.00280. The van der Waals surface area contributed by atoms with Gasteiger partial charge in [-0.2, -0.15) is 0 Å². The molecule has 0 aromatic heterocycles. The summed E-state index contributed by atoms with van der Waals surface area (Å²) in [7, 11) is 0. The molecule has 4 nitrogen and oxygen atoms in total. The van der Waals surface area contributed by atoms with Crippen LogP contribution in [0.1, 0.15) is 12.8 Å². The van der Waals surface area contributed by atoms with Gasteiger partial charge in [0.2, 0.25) is 5.91 Å². The van der Waals surface area contributed by atoms with Gasteiger partial charge in [-0.25, -0.2) is 0 Å². The zero-order valence-corrected chi connectivity index (χ0v) is 5.36. The van der Waals surface area contributed by atoms with Crippen LogP contribution in [0.15, 0.2) is 0 Å². The zero-order valence-electron chi connectivity index (χ0n) is 4.55.